The van der Waals surface area contributed by atoms with E-state index in [4.69, 9.17) is 21.7 Å². The lowest BCUT2D eigenvalue weighted by atomic mass is 10.1. The number of carbonyl (C=O) groups is 1. The van der Waals surface area contributed by atoms with Crippen LogP contribution in [-0.2, 0) is 11.3 Å². The van der Waals surface area contributed by atoms with Crippen molar-refractivity contribution < 1.29 is 14.3 Å². The highest BCUT2D eigenvalue weighted by atomic mass is 32.2. The number of benzene rings is 2. The summed E-state index contributed by atoms with van der Waals surface area (Å²) in [6.07, 6.45) is 3.98. The number of hydrogen-bond acceptors (Lipinski definition) is 5. The van der Waals surface area contributed by atoms with Crippen LogP contribution in [0.2, 0.25) is 0 Å². The van der Waals surface area contributed by atoms with Gasteiger partial charge in [-0.3, -0.25) is 9.69 Å². The molecule has 1 amide bonds. The van der Waals surface area contributed by atoms with Crippen molar-refractivity contribution in [2.75, 3.05) is 20.8 Å². The van der Waals surface area contributed by atoms with E-state index in [1.807, 2.05) is 42.5 Å². The van der Waals surface area contributed by atoms with Crippen LogP contribution in [0.25, 0.3) is 17.0 Å². The number of thiocarbonyl (C=S) groups is 1. The van der Waals surface area contributed by atoms with Crippen LogP contribution in [0.4, 0.5) is 0 Å². The van der Waals surface area contributed by atoms with Crippen molar-refractivity contribution in [2.24, 2.45) is 0 Å². The number of methoxy groups -OCH3 is 1. The molecule has 0 unspecified atom stereocenters. The number of thioether (sulfide) groups is 1. The SMILES string of the molecule is COc1ccc(OCCn2cc(/C=C3/SC(=S)N(C)C3=O)c3ccccc32)cc1. The van der Waals surface area contributed by atoms with E-state index in [0.717, 1.165) is 28.0 Å². The minimum atomic E-state index is -0.0559. The Labute approximate surface area is 178 Å². The molecule has 5 nitrogen and oxygen atoms in total. The van der Waals surface area contributed by atoms with Crippen LogP contribution < -0.4 is 9.47 Å². The van der Waals surface area contributed by atoms with Crippen molar-refractivity contribution in [3.63, 3.8) is 0 Å². The molecular weight excluding hydrogens is 404 g/mol. The Bertz CT molecular complexity index is 1100. The molecule has 0 N–H and O–H groups in total. The van der Waals surface area contributed by atoms with Crippen molar-refractivity contribution in [3.8, 4) is 11.5 Å². The van der Waals surface area contributed by atoms with Gasteiger partial charge in [0.05, 0.1) is 18.6 Å². The van der Waals surface area contributed by atoms with Crippen LogP contribution in [0.3, 0.4) is 0 Å². The fraction of sp³-hybridized carbons (Fsp3) is 0.182. The Kier molecular flexibility index (Phi) is 5.60. The quantitative estimate of drug-likeness (QED) is 0.429. The van der Waals surface area contributed by atoms with Gasteiger partial charge in [0.15, 0.2) is 0 Å². The van der Waals surface area contributed by atoms with E-state index in [-0.39, 0.29) is 5.91 Å². The molecular formula is C22H20N2O3S2. The highest BCUT2D eigenvalue weighted by molar-refractivity contribution is 8.26. The van der Waals surface area contributed by atoms with Crippen LogP contribution >= 0.6 is 24.0 Å². The van der Waals surface area contributed by atoms with Gasteiger partial charge in [0.2, 0.25) is 0 Å². The second-order valence-corrected chi connectivity index (χ2v) is 8.24. The maximum absolute atomic E-state index is 12.4. The number of rotatable bonds is 6. The van der Waals surface area contributed by atoms with Crippen LogP contribution in [0.15, 0.2) is 59.6 Å². The molecule has 0 atom stereocenters. The van der Waals surface area contributed by atoms with E-state index < -0.39 is 0 Å². The smallest absolute Gasteiger partial charge is 0.265 e. The van der Waals surface area contributed by atoms with Gasteiger partial charge in [-0.2, -0.15) is 0 Å². The van der Waals surface area contributed by atoms with Gasteiger partial charge in [0.1, 0.15) is 22.4 Å². The highest BCUT2D eigenvalue weighted by Gasteiger charge is 2.29. The molecule has 2 aromatic carbocycles. The van der Waals surface area contributed by atoms with Crippen molar-refractivity contribution >= 4 is 51.2 Å². The summed E-state index contributed by atoms with van der Waals surface area (Å²) in [7, 11) is 3.35. The third-order valence-corrected chi connectivity index (χ3v) is 6.24. The summed E-state index contributed by atoms with van der Waals surface area (Å²) in [6.45, 7) is 1.22. The normalized spacial score (nSPS) is 15.5. The standard InChI is InChI=1S/C22H20N2O3S2/c1-23-21(25)20(29-22(23)28)13-15-14-24(19-6-4-3-5-18(15)19)11-12-27-17-9-7-16(26-2)8-10-17/h3-10,13-14H,11-12H2,1-2H3/b20-13+. The van der Waals surface area contributed by atoms with E-state index in [0.29, 0.717) is 22.4 Å². The molecule has 0 bridgehead atoms. The van der Waals surface area contributed by atoms with Gasteiger partial charge in [0.25, 0.3) is 5.91 Å². The fourth-order valence-electron chi connectivity index (χ4n) is 3.20. The summed E-state index contributed by atoms with van der Waals surface area (Å²) in [5.74, 6) is 1.55. The van der Waals surface area contributed by atoms with E-state index >= 15 is 0 Å². The Morgan fingerprint density at radius 2 is 1.83 bits per heavy atom. The van der Waals surface area contributed by atoms with Crippen molar-refractivity contribution in [1.82, 2.24) is 9.47 Å². The number of nitrogens with zero attached hydrogens (tertiary/aromatic N) is 2. The highest BCUT2D eigenvalue weighted by Crippen LogP contribution is 2.33. The largest absolute Gasteiger partial charge is 0.497 e. The zero-order chi connectivity index (χ0) is 20.4. The van der Waals surface area contributed by atoms with Crippen LogP contribution in [0, 0.1) is 0 Å². The molecule has 1 aliphatic heterocycles. The third-order valence-electron chi connectivity index (χ3n) is 4.75. The second kappa shape index (κ2) is 8.31. The first-order valence-corrected chi connectivity index (χ1v) is 10.4. The first-order valence-electron chi connectivity index (χ1n) is 9.13. The van der Waals surface area contributed by atoms with Gasteiger partial charge in [-0.1, -0.05) is 42.2 Å². The number of ether oxygens (including phenoxy) is 2. The molecule has 0 saturated carbocycles. The summed E-state index contributed by atoms with van der Waals surface area (Å²) in [4.78, 5) is 14.5. The first kappa shape index (κ1) is 19.5. The van der Waals surface area contributed by atoms with E-state index in [1.165, 1.54) is 16.7 Å². The lowest BCUT2D eigenvalue weighted by molar-refractivity contribution is -0.121. The zero-order valence-corrected chi connectivity index (χ0v) is 17.8. The molecule has 0 radical (unpaired) electrons. The molecule has 7 heteroatoms. The molecule has 2 heterocycles. The number of aromatic nitrogens is 1. The predicted molar refractivity (Wildman–Crippen MR) is 121 cm³/mol. The molecule has 148 valence electrons. The van der Waals surface area contributed by atoms with Gasteiger partial charge >= 0.3 is 0 Å². The maximum atomic E-state index is 12.4. The molecule has 3 aromatic rings. The minimum Gasteiger partial charge on any atom is -0.497 e. The lowest BCUT2D eigenvalue weighted by Crippen LogP contribution is -2.22. The second-order valence-electron chi connectivity index (χ2n) is 6.56. The van der Waals surface area contributed by atoms with Gasteiger partial charge in [-0.05, 0) is 36.4 Å². The Morgan fingerprint density at radius 1 is 1.10 bits per heavy atom. The van der Waals surface area contributed by atoms with E-state index in [9.17, 15) is 4.79 Å². The summed E-state index contributed by atoms with van der Waals surface area (Å²) >= 11 is 6.57. The number of fused-ring (bicyclic) bond motifs is 1. The fourth-order valence-corrected chi connectivity index (χ4v) is 4.37. The van der Waals surface area contributed by atoms with Crippen molar-refractivity contribution in [3.05, 3.63) is 65.2 Å². The third kappa shape index (κ3) is 4.02. The molecule has 4 rings (SSSR count). The summed E-state index contributed by atoms with van der Waals surface area (Å²) in [6, 6.07) is 15.7. The number of hydrogen-bond donors (Lipinski definition) is 0. The molecule has 1 aromatic heterocycles. The van der Waals surface area contributed by atoms with E-state index in [2.05, 4.69) is 22.9 Å². The topological polar surface area (TPSA) is 43.7 Å². The maximum Gasteiger partial charge on any atom is 0.265 e. The molecule has 1 saturated heterocycles. The van der Waals surface area contributed by atoms with E-state index in [1.54, 1.807) is 14.2 Å². The van der Waals surface area contributed by atoms with Gasteiger partial charge in [-0.15, -0.1) is 0 Å². The van der Waals surface area contributed by atoms with Crippen molar-refractivity contribution in [2.45, 2.75) is 6.54 Å². The van der Waals surface area contributed by atoms with Gasteiger partial charge in [-0.25, -0.2) is 0 Å². The molecule has 1 fully saturated rings. The average molecular weight is 425 g/mol. The Hall–Kier alpha value is -2.77. The van der Waals surface area contributed by atoms with Crippen molar-refractivity contribution in [1.29, 1.82) is 0 Å². The number of carbonyl (C=O) groups excluding carboxylic acids is 1. The molecule has 0 aliphatic carbocycles. The Morgan fingerprint density at radius 3 is 2.52 bits per heavy atom. The summed E-state index contributed by atoms with van der Waals surface area (Å²) in [5.41, 5.74) is 2.10. The molecule has 29 heavy (non-hydrogen) atoms. The van der Waals surface area contributed by atoms with Gasteiger partial charge < -0.3 is 14.0 Å². The number of likely N-dealkylation sites (N-methyl/N-ethyl adjacent to an activating group) is 1. The Balaban J connectivity index is 1.54. The first-order chi connectivity index (χ1) is 14.1. The summed E-state index contributed by atoms with van der Waals surface area (Å²) < 4.78 is 13.8. The lowest BCUT2D eigenvalue weighted by Gasteiger charge is -2.09. The van der Waals surface area contributed by atoms with Crippen LogP contribution in [0.1, 0.15) is 5.56 Å². The minimum absolute atomic E-state index is 0.0559. The predicted octanol–water partition coefficient (Wildman–Crippen LogP) is 4.56. The molecule has 0 spiro atoms. The van der Waals surface area contributed by atoms with Gasteiger partial charge in [0, 0.05) is 29.7 Å². The average Bonchev–Trinajstić information content (AvgIpc) is 3.21. The molecule has 1 aliphatic rings. The summed E-state index contributed by atoms with van der Waals surface area (Å²) in [5, 5.41) is 1.10. The number of para-hydroxylation sites is 1. The number of amides is 1. The monoisotopic (exact) mass is 424 g/mol. The van der Waals surface area contributed by atoms with Crippen LogP contribution in [0.5, 0.6) is 11.5 Å². The zero-order valence-electron chi connectivity index (χ0n) is 16.1. The van der Waals surface area contributed by atoms with Crippen LogP contribution in [-0.4, -0.2) is 40.5 Å².